The molecule has 4 aliphatic rings. The number of aromatic amines is 1. The van der Waals surface area contributed by atoms with Crippen molar-refractivity contribution in [1.82, 2.24) is 30.6 Å². The third-order valence-electron chi connectivity index (χ3n) is 9.73. The number of amides is 5. The summed E-state index contributed by atoms with van der Waals surface area (Å²) in [6.07, 6.45) is 6.99. The number of nitrogens with zero attached hydrogens (tertiary/aromatic N) is 1. The van der Waals surface area contributed by atoms with E-state index < -0.39 is 86.0 Å². The summed E-state index contributed by atoms with van der Waals surface area (Å²) < 4.78 is 46.9. The standard InChI is InChI=1S/C35H45FN6O8S/c1-34(2,3)50-33(47)39-26-10-8-6-4-5-7-9-21-18-35(21,32(46)41-51(48,49)24-12-13-24)40-30(44)28-17-23(19-42(28)31(26)45)37-29(43)27-16-20-15-22(36)11-14-25(20)38-27/h7,9,11,14-16,21,23-24,26,28,38H,4-6,8,10,12-13,17-19H2,1-3H3,(H,37,43)(H,39,47)(H,40,44)(H,41,46)/t21-,23-,26+,28+,35-/m1/s1. The van der Waals surface area contributed by atoms with E-state index in [0.29, 0.717) is 36.6 Å². The van der Waals surface area contributed by atoms with Crippen molar-refractivity contribution in [3.8, 4) is 0 Å². The predicted molar refractivity (Wildman–Crippen MR) is 184 cm³/mol. The minimum atomic E-state index is -3.91. The van der Waals surface area contributed by atoms with Crippen LogP contribution in [0.3, 0.4) is 0 Å². The van der Waals surface area contributed by atoms with Crippen LogP contribution in [0.25, 0.3) is 10.9 Å². The number of sulfonamides is 1. The van der Waals surface area contributed by atoms with Gasteiger partial charge < -0.3 is 30.6 Å². The molecule has 0 spiro atoms. The number of allylic oxidation sites excluding steroid dienone is 1. The summed E-state index contributed by atoms with van der Waals surface area (Å²) in [7, 11) is -3.91. The van der Waals surface area contributed by atoms with Crippen molar-refractivity contribution in [1.29, 1.82) is 0 Å². The molecule has 2 aliphatic carbocycles. The highest BCUT2D eigenvalue weighted by Crippen LogP contribution is 2.46. The molecule has 5 atom stereocenters. The Kier molecular flexibility index (Phi) is 9.92. The lowest BCUT2D eigenvalue weighted by Crippen LogP contribution is -2.58. The number of nitrogens with one attached hydrogen (secondary N) is 5. The Hall–Kier alpha value is -4.47. The molecule has 2 aromatic rings. The number of halogens is 1. The molecule has 1 saturated heterocycles. The van der Waals surface area contributed by atoms with E-state index >= 15 is 0 Å². The van der Waals surface area contributed by atoms with E-state index in [9.17, 15) is 36.8 Å². The number of fused-ring (bicyclic) bond motifs is 3. The topological polar surface area (TPSA) is 196 Å². The van der Waals surface area contributed by atoms with Crippen LogP contribution in [-0.4, -0.2) is 89.1 Å². The van der Waals surface area contributed by atoms with Gasteiger partial charge in [0.05, 0.1) is 5.25 Å². The Labute approximate surface area is 295 Å². The van der Waals surface area contributed by atoms with Crippen LogP contribution in [0.4, 0.5) is 9.18 Å². The fraction of sp³-hybridized carbons (Fsp3) is 0.571. The zero-order chi connectivity index (χ0) is 36.7. The Morgan fingerprint density at radius 2 is 1.80 bits per heavy atom. The van der Waals surface area contributed by atoms with E-state index in [0.717, 1.165) is 12.8 Å². The lowest BCUT2D eigenvalue weighted by atomic mass is 10.0. The number of H-pyrrole nitrogens is 1. The van der Waals surface area contributed by atoms with Gasteiger partial charge >= 0.3 is 6.09 Å². The van der Waals surface area contributed by atoms with Gasteiger partial charge in [0, 0.05) is 29.4 Å². The van der Waals surface area contributed by atoms with E-state index in [1.54, 1.807) is 20.8 Å². The molecule has 0 bridgehead atoms. The van der Waals surface area contributed by atoms with E-state index in [2.05, 4.69) is 25.7 Å². The first-order valence-corrected chi connectivity index (χ1v) is 19.0. The number of hydrogen-bond donors (Lipinski definition) is 5. The molecule has 1 aromatic heterocycles. The fourth-order valence-electron chi connectivity index (χ4n) is 6.84. The predicted octanol–water partition coefficient (Wildman–Crippen LogP) is 2.90. The molecule has 5 amide bonds. The first kappa shape index (κ1) is 36.3. The van der Waals surface area contributed by atoms with Crippen molar-refractivity contribution >= 4 is 50.6 Å². The highest BCUT2D eigenvalue weighted by atomic mass is 32.2. The third-order valence-corrected chi connectivity index (χ3v) is 11.6. The van der Waals surface area contributed by atoms with Crippen LogP contribution in [0.1, 0.15) is 89.0 Å². The Bertz CT molecular complexity index is 1870. The zero-order valence-electron chi connectivity index (χ0n) is 28.9. The molecule has 2 aliphatic heterocycles. The van der Waals surface area contributed by atoms with Gasteiger partial charge in [-0.05, 0) is 90.0 Å². The average molecular weight is 729 g/mol. The van der Waals surface area contributed by atoms with Gasteiger partial charge in [0.2, 0.25) is 21.8 Å². The highest BCUT2D eigenvalue weighted by molar-refractivity contribution is 7.91. The Balaban J connectivity index is 1.27. The average Bonchev–Trinajstić information content (AvgIpc) is 3.93. The monoisotopic (exact) mass is 728 g/mol. The molecule has 14 nitrogen and oxygen atoms in total. The molecule has 3 fully saturated rings. The number of benzene rings is 1. The van der Waals surface area contributed by atoms with Gasteiger partial charge in [-0.25, -0.2) is 17.6 Å². The van der Waals surface area contributed by atoms with Crippen LogP contribution in [0.2, 0.25) is 0 Å². The minimum absolute atomic E-state index is 0.0318. The number of carbonyl (C=O) groups excluding carboxylic acids is 5. The van der Waals surface area contributed by atoms with Crippen molar-refractivity contribution in [3.63, 3.8) is 0 Å². The SMILES string of the molecule is CC(C)(C)OC(=O)N[C@H]1CCCCCC=C[C@@H]2C[C@@]2(C(=O)NS(=O)(=O)C2CC2)NC(=O)[C@@H]2C[C@@H](NC(=O)c3cc4cc(F)ccc4[nH]3)CN2C1=O. The second-order valence-electron chi connectivity index (χ2n) is 15.0. The highest BCUT2D eigenvalue weighted by Gasteiger charge is 2.62. The smallest absolute Gasteiger partial charge is 0.408 e. The number of ether oxygens (including phenoxy) is 1. The molecule has 51 heavy (non-hydrogen) atoms. The van der Waals surface area contributed by atoms with Crippen LogP contribution in [0.15, 0.2) is 36.4 Å². The summed E-state index contributed by atoms with van der Waals surface area (Å²) in [5.41, 5.74) is -1.67. The van der Waals surface area contributed by atoms with Crippen LogP contribution in [0, 0.1) is 11.7 Å². The van der Waals surface area contributed by atoms with E-state index in [1.165, 1.54) is 29.2 Å². The van der Waals surface area contributed by atoms with E-state index in [-0.39, 0.29) is 31.5 Å². The number of aromatic nitrogens is 1. The number of alkyl carbamates (subject to hydrolysis) is 1. The van der Waals surface area contributed by atoms with Crippen LogP contribution in [0.5, 0.6) is 0 Å². The molecule has 3 heterocycles. The maximum atomic E-state index is 14.3. The molecular weight excluding hydrogens is 683 g/mol. The Morgan fingerprint density at radius 3 is 2.53 bits per heavy atom. The summed E-state index contributed by atoms with van der Waals surface area (Å²) >= 11 is 0. The van der Waals surface area contributed by atoms with Crippen molar-refractivity contribution in [2.24, 2.45) is 5.92 Å². The van der Waals surface area contributed by atoms with Crippen LogP contribution < -0.4 is 20.7 Å². The molecule has 276 valence electrons. The van der Waals surface area contributed by atoms with Gasteiger partial charge in [-0.2, -0.15) is 0 Å². The summed E-state index contributed by atoms with van der Waals surface area (Å²) in [5, 5.41) is 8.18. The van der Waals surface area contributed by atoms with E-state index in [4.69, 9.17) is 4.74 Å². The summed E-state index contributed by atoms with van der Waals surface area (Å²) in [5.74, 6) is -3.55. The van der Waals surface area contributed by atoms with Crippen molar-refractivity contribution in [2.75, 3.05) is 6.54 Å². The minimum Gasteiger partial charge on any atom is -0.444 e. The van der Waals surface area contributed by atoms with Gasteiger partial charge in [-0.15, -0.1) is 0 Å². The second kappa shape index (κ2) is 13.9. The number of rotatable bonds is 6. The number of carbonyl (C=O) groups is 5. The molecule has 1 aromatic carbocycles. The first-order valence-electron chi connectivity index (χ1n) is 17.5. The van der Waals surface area contributed by atoms with E-state index in [1.807, 2.05) is 12.2 Å². The maximum Gasteiger partial charge on any atom is 0.408 e. The maximum absolute atomic E-state index is 14.3. The van der Waals surface area contributed by atoms with Gasteiger partial charge in [0.25, 0.3) is 11.8 Å². The fourth-order valence-corrected chi connectivity index (χ4v) is 8.21. The van der Waals surface area contributed by atoms with Crippen LogP contribution >= 0.6 is 0 Å². The Morgan fingerprint density at radius 1 is 1.04 bits per heavy atom. The van der Waals surface area contributed by atoms with Gasteiger partial charge in [-0.1, -0.05) is 25.0 Å². The molecule has 0 unspecified atom stereocenters. The third kappa shape index (κ3) is 8.37. The van der Waals surface area contributed by atoms with Crippen LogP contribution in [-0.2, 0) is 29.1 Å². The summed E-state index contributed by atoms with van der Waals surface area (Å²) in [6, 6.07) is 2.61. The van der Waals surface area contributed by atoms with Gasteiger partial charge in [0.1, 0.15) is 34.7 Å². The molecule has 6 rings (SSSR count). The number of hydrogen-bond acceptors (Lipinski definition) is 8. The van der Waals surface area contributed by atoms with Crippen molar-refractivity contribution in [3.05, 3.63) is 47.9 Å². The molecular formula is C35H45FN6O8S. The molecule has 2 saturated carbocycles. The van der Waals surface area contributed by atoms with Gasteiger partial charge in [0.15, 0.2) is 0 Å². The first-order chi connectivity index (χ1) is 24.0. The normalized spacial score (nSPS) is 27.3. The second-order valence-corrected chi connectivity index (χ2v) is 17.0. The zero-order valence-corrected chi connectivity index (χ0v) is 29.7. The quantitative estimate of drug-likeness (QED) is 0.280. The summed E-state index contributed by atoms with van der Waals surface area (Å²) in [6.45, 7) is 5.00. The molecule has 0 radical (unpaired) electrons. The lowest BCUT2D eigenvalue weighted by Gasteiger charge is -2.30. The summed E-state index contributed by atoms with van der Waals surface area (Å²) in [4.78, 5) is 72.5. The largest absolute Gasteiger partial charge is 0.444 e. The lowest BCUT2D eigenvalue weighted by molar-refractivity contribution is -0.141. The van der Waals surface area contributed by atoms with Crippen molar-refractivity contribution < 1.29 is 41.5 Å². The van der Waals surface area contributed by atoms with Crippen molar-refractivity contribution in [2.45, 2.75) is 113 Å². The molecule has 5 N–H and O–H groups in total. The van der Waals surface area contributed by atoms with Gasteiger partial charge in [-0.3, -0.25) is 23.9 Å². The molecule has 16 heteroatoms.